The topological polar surface area (TPSA) is 35.2 Å². The number of benzene rings is 1. The highest BCUT2D eigenvalue weighted by molar-refractivity contribution is 5.22. The van der Waals surface area contributed by atoms with Gasteiger partial charge in [0.15, 0.2) is 5.72 Å². The Bertz CT molecular complexity index is 271. The average molecular weight is 177 g/mol. The van der Waals surface area contributed by atoms with Gasteiger partial charge in [0.1, 0.15) is 5.75 Å². The number of hydrogen-bond donors (Lipinski definition) is 1. The van der Waals surface area contributed by atoms with Crippen LogP contribution in [0.1, 0.15) is 13.3 Å². The molecule has 0 radical (unpaired) electrons. The van der Waals surface area contributed by atoms with E-state index in [1.807, 2.05) is 37.3 Å². The smallest absolute Gasteiger partial charge is 0.177 e. The van der Waals surface area contributed by atoms with Crippen molar-refractivity contribution in [2.45, 2.75) is 19.1 Å². The molecule has 0 amide bonds. The fourth-order valence-corrected chi connectivity index (χ4v) is 0.966. The first-order chi connectivity index (χ1) is 6.20. The minimum atomic E-state index is -0.749. The van der Waals surface area contributed by atoms with E-state index in [2.05, 4.69) is 6.58 Å². The van der Waals surface area contributed by atoms with Gasteiger partial charge in [0, 0.05) is 6.42 Å². The molecule has 1 unspecified atom stereocenters. The molecule has 0 bridgehead atoms. The van der Waals surface area contributed by atoms with Gasteiger partial charge in [0.2, 0.25) is 0 Å². The summed E-state index contributed by atoms with van der Waals surface area (Å²) in [5, 5.41) is 0. The molecule has 1 aromatic rings. The zero-order valence-corrected chi connectivity index (χ0v) is 7.86. The van der Waals surface area contributed by atoms with Gasteiger partial charge in [-0.15, -0.1) is 0 Å². The lowest BCUT2D eigenvalue weighted by Crippen LogP contribution is -2.42. The van der Waals surface area contributed by atoms with Crippen molar-refractivity contribution < 1.29 is 4.74 Å². The van der Waals surface area contributed by atoms with Crippen LogP contribution < -0.4 is 10.5 Å². The van der Waals surface area contributed by atoms with E-state index in [1.165, 1.54) is 0 Å². The molecule has 2 nitrogen and oxygen atoms in total. The summed E-state index contributed by atoms with van der Waals surface area (Å²) in [6.45, 7) is 5.61. The Morgan fingerprint density at radius 3 is 2.54 bits per heavy atom. The molecule has 1 atom stereocenters. The maximum atomic E-state index is 5.89. The molecular weight excluding hydrogens is 162 g/mol. The molecule has 1 rings (SSSR count). The van der Waals surface area contributed by atoms with E-state index >= 15 is 0 Å². The fraction of sp³-hybridized carbons (Fsp3) is 0.273. The normalized spacial score (nSPS) is 14.6. The van der Waals surface area contributed by atoms with Gasteiger partial charge in [-0.1, -0.05) is 31.7 Å². The quantitative estimate of drug-likeness (QED) is 0.566. The second-order valence-corrected chi connectivity index (χ2v) is 2.93. The van der Waals surface area contributed by atoms with Crippen LogP contribution in [0.3, 0.4) is 0 Å². The summed E-state index contributed by atoms with van der Waals surface area (Å²) >= 11 is 0. The Kier molecular flexibility index (Phi) is 3.09. The van der Waals surface area contributed by atoms with Crippen LogP contribution in [-0.2, 0) is 0 Å². The van der Waals surface area contributed by atoms with Crippen molar-refractivity contribution in [2.75, 3.05) is 0 Å². The summed E-state index contributed by atoms with van der Waals surface area (Å²) in [4.78, 5) is 0. The number of ether oxygens (including phenoxy) is 1. The first-order valence-corrected chi connectivity index (χ1v) is 4.37. The van der Waals surface area contributed by atoms with Gasteiger partial charge in [0.25, 0.3) is 0 Å². The largest absolute Gasteiger partial charge is 0.469 e. The third-order valence-electron chi connectivity index (χ3n) is 1.95. The van der Waals surface area contributed by atoms with E-state index in [0.717, 1.165) is 5.75 Å². The van der Waals surface area contributed by atoms with E-state index in [0.29, 0.717) is 6.42 Å². The third kappa shape index (κ3) is 2.60. The van der Waals surface area contributed by atoms with E-state index in [1.54, 1.807) is 6.08 Å². The van der Waals surface area contributed by atoms with Crippen molar-refractivity contribution in [3.8, 4) is 5.75 Å². The Morgan fingerprint density at radius 1 is 1.46 bits per heavy atom. The van der Waals surface area contributed by atoms with Crippen molar-refractivity contribution >= 4 is 0 Å². The highest BCUT2D eigenvalue weighted by atomic mass is 16.5. The third-order valence-corrected chi connectivity index (χ3v) is 1.95. The molecule has 2 N–H and O–H groups in total. The monoisotopic (exact) mass is 177 g/mol. The van der Waals surface area contributed by atoms with Crippen LogP contribution in [0.15, 0.2) is 43.0 Å². The number of nitrogens with two attached hydrogens (primary N) is 1. The number of hydrogen-bond acceptors (Lipinski definition) is 2. The Hall–Kier alpha value is -1.28. The van der Waals surface area contributed by atoms with Crippen LogP contribution in [0, 0.1) is 0 Å². The van der Waals surface area contributed by atoms with Crippen LogP contribution in [0.5, 0.6) is 5.75 Å². The average Bonchev–Trinajstić information content (AvgIpc) is 2.19. The van der Waals surface area contributed by atoms with Crippen LogP contribution in [0.2, 0.25) is 0 Å². The van der Waals surface area contributed by atoms with Gasteiger partial charge in [-0.05, 0) is 18.2 Å². The molecule has 2 heteroatoms. The first-order valence-electron chi connectivity index (χ1n) is 4.37. The summed E-state index contributed by atoms with van der Waals surface area (Å²) in [7, 11) is 0. The summed E-state index contributed by atoms with van der Waals surface area (Å²) in [5.74, 6) is 0.770. The lowest BCUT2D eigenvalue weighted by molar-refractivity contribution is 0.123. The first kappa shape index (κ1) is 9.81. The maximum Gasteiger partial charge on any atom is 0.177 e. The molecule has 0 spiro atoms. The Balaban J connectivity index is 2.73. The lowest BCUT2D eigenvalue weighted by atomic mass is 10.2. The van der Waals surface area contributed by atoms with Crippen LogP contribution in [-0.4, -0.2) is 5.72 Å². The molecule has 0 aromatic heterocycles. The van der Waals surface area contributed by atoms with E-state index in [-0.39, 0.29) is 0 Å². The molecule has 0 aliphatic carbocycles. The molecule has 0 saturated heterocycles. The summed E-state index contributed by atoms with van der Waals surface area (Å²) in [6, 6.07) is 9.51. The molecule has 13 heavy (non-hydrogen) atoms. The molecule has 0 saturated carbocycles. The standard InChI is InChI=1S/C11H15NO/c1-3-11(12,4-2)13-10-8-6-5-7-9-10/h3,5-9H,1,4,12H2,2H3. The Morgan fingerprint density at radius 2 is 2.08 bits per heavy atom. The highest BCUT2D eigenvalue weighted by Crippen LogP contribution is 2.17. The minimum Gasteiger partial charge on any atom is -0.469 e. The van der Waals surface area contributed by atoms with Gasteiger partial charge >= 0.3 is 0 Å². The minimum absolute atomic E-state index is 0.700. The maximum absolute atomic E-state index is 5.89. The van der Waals surface area contributed by atoms with Crippen molar-refractivity contribution in [1.82, 2.24) is 0 Å². The molecule has 1 aromatic carbocycles. The van der Waals surface area contributed by atoms with Gasteiger partial charge in [0.05, 0.1) is 0 Å². The Labute approximate surface area is 79.0 Å². The predicted molar refractivity (Wildman–Crippen MR) is 54.5 cm³/mol. The van der Waals surface area contributed by atoms with E-state index < -0.39 is 5.72 Å². The van der Waals surface area contributed by atoms with Crippen molar-refractivity contribution in [2.24, 2.45) is 5.73 Å². The molecule has 0 aliphatic heterocycles. The summed E-state index contributed by atoms with van der Waals surface area (Å²) in [6.07, 6.45) is 2.32. The molecule has 0 aliphatic rings. The molecular formula is C11H15NO. The van der Waals surface area contributed by atoms with Crippen molar-refractivity contribution in [3.63, 3.8) is 0 Å². The van der Waals surface area contributed by atoms with Crippen LogP contribution in [0.25, 0.3) is 0 Å². The lowest BCUT2D eigenvalue weighted by Gasteiger charge is -2.25. The predicted octanol–water partition coefficient (Wildman–Crippen LogP) is 2.32. The second-order valence-electron chi connectivity index (χ2n) is 2.93. The fourth-order valence-electron chi connectivity index (χ4n) is 0.966. The number of para-hydroxylation sites is 1. The summed E-state index contributed by atoms with van der Waals surface area (Å²) < 4.78 is 5.56. The SMILES string of the molecule is C=CC(N)(CC)Oc1ccccc1. The molecule has 0 heterocycles. The number of rotatable bonds is 4. The zero-order chi connectivity index (χ0) is 9.73. The van der Waals surface area contributed by atoms with Crippen molar-refractivity contribution in [1.29, 1.82) is 0 Å². The van der Waals surface area contributed by atoms with Gasteiger partial charge in [-0.2, -0.15) is 0 Å². The highest BCUT2D eigenvalue weighted by Gasteiger charge is 2.19. The zero-order valence-electron chi connectivity index (χ0n) is 7.86. The summed E-state index contributed by atoms with van der Waals surface area (Å²) in [5.41, 5.74) is 5.14. The van der Waals surface area contributed by atoms with Crippen LogP contribution in [0.4, 0.5) is 0 Å². The molecule has 70 valence electrons. The van der Waals surface area contributed by atoms with Crippen molar-refractivity contribution in [3.05, 3.63) is 43.0 Å². The molecule has 0 fully saturated rings. The van der Waals surface area contributed by atoms with E-state index in [4.69, 9.17) is 10.5 Å². The second kappa shape index (κ2) is 4.10. The van der Waals surface area contributed by atoms with E-state index in [9.17, 15) is 0 Å². The van der Waals surface area contributed by atoms with Crippen LogP contribution >= 0.6 is 0 Å². The van der Waals surface area contributed by atoms with Gasteiger partial charge in [-0.25, -0.2) is 0 Å². The van der Waals surface area contributed by atoms with Gasteiger partial charge < -0.3 is 4.74 Å². The van der Waals surface area contributed by atoms with Gasteiger partial charge in [-0.3, -0.25) is 5.73 Å².